The molecule has 1 aromatic carbocycles. The first-order chi connectivity index (χ1) is 15.8. The van der Waals surface area contributed by atoms with Crippen molar-refractivity contribution >= 4 is 12.1 Å². The van der Waals surface area contributed by atoms with Crippen molar-refractivity contribution in [3.8, 4) is 6.07 Å². The maximum absolute atomic E-state index is 13.4. The Balaban J connectivity index is 1.88. The van der Waals surface area contributed by atoms with E-state index >= 15 is 0 Å². The average molecular weight is 481 g/mol. The molecule has 186 valence electrons. The molecule has 2 aliphatic rings. The smallest absolute Gasteiger partial charge is 0.416 e. The van der Waals surface area contributed by atoms with Gasteiger partial charge in [0.05, 0.1) is 17.7 Å². The van der Waals surface area contributed by atoms with Gasteiger partial charge in [0.1, 0.15) is 0 Å². The third-order valence-corrected chi connectivity index (χ3v) is 6.65. The first-order valence-corrected chi connectivity index (χ1v) is 11.4. The molecule has 2 fully saturated rings. The van der Waals surface area contributed by atoms with Gasteiger partial charge in [-0.3, -0.25) is 4.90 Å². The van der Waals surface area contributed by atoms with Gasteiger partial charge in [0.25, 0.3) is 0 Å². The van der Waals surface area contributed by atoms with Gasteiger partial charge in [-0.1, -0.05) is 12.1 Å². The Bertz CT molecular complexity index is 929. The molecule has 10 heteroatoms. The highest BCUT2D eigenvalue weighted by atomic mass is 19.4. The molecule has 3 rings (SSSR count). The molecule has 2 unspecified atom stereocenters. The summed E-state index contributed by atoms with van der Waals surface area (Å²) in [7, 11) is 0. The van der Waals surface area contributed by atoms with E-state index in [1.54, 1.807) is 30.6 Å². The van der Waals surface area contributed by atoms with Gasteiger partial charge in [0.2, 0.25) is 0 Å². The van der Waals surface area contributed by atoms with Gasteiger partial charge in [-0.15, -0.1) is 0 Å². The van der Waals surface area contributed by atoms with Crippen molar-refractivity contribution in [2.45, 2.75) is 63.7 Å². The number of carbonyl (C=O) groups excluding carboxylic acids is 1. The second-order valence-electron chi connectivity index (χ2n) is 10.1. The van der Waals surface area contributed by atoms with E-state index < -0.39 is 29.4 Å². The van der Waals surface area contributed by atoms with Gasteiger partial charge < -0.3 is 14.9 Å². The number of carbonyl (C=O) groups is 2. The second-order valence-corrected chi connectivity index (χ2v) is 10.1. The summed E-state index contributed by atoms with van der Waals surface area (Å²) in [6, 6.07) is 6.37. The summed E-state index contributed by atoms with van der Waals surface area (Å²) >= 11 is 0. The van der Waals surface area contributed by atoms with Crippen LogP contribution >= 0.6 is 0 Å². The molecule has 3 amide bonds. The first-order valence-electron chi connectivity index (χ1n) is 11.4. The standard InChI is InChI=1S/C24H31F3N4O3/c1-23(2,3)31(22(33)34)20-12-18(17-4-6-19(7-5-17)24(25,26)27)14-30(15-20)21(32)29-10-8-16(13-28)9-11-29/h4-7,16,18,20H,8-12,14-15H2,1-3H3,(H,33,34). The molecule has 0 bridgehead atoms. The van der Waals surface area contributed by atoms with Crippen LogP contribution in [0.4, 0.5) is 22.8 Å². The Kier molecular flexibility index (Phi) is 7.34. The lowest BCUT2D eigenvalue weighted by Gasteiger charge is -2.47. The van der Waals surface area contributed by atoms with Crippen LogP contribution in [0.15, 0.2) is 24.3 Å². The van der Waals surface area contributed by atoms with Gasteiger partial charge in [0, 0.05) is 43.6 Å². The zero-order valence-corrected chi connectivity index (χ0v) is 19.7. The number of halogens is 3. The Morgan fingerprint density at radius 1 is 1.06 bits per heavy atom. The number of urea groups is 1. The van der Waals surface area contributed by atoms with Gasteiger partial charge >= 0.3 is 18.3 Å². The Hall–Kier alpha value is -2.96. The van der Waals surface area contributed by atoms with E-state index in [4.69, 9.17) is 5.26 Å². The minimum absolute atomic E-state index is 0.0820. The van der Waals surface area contributed by atoms with Crippen molar-refractivity contribution in [1.82, 2.24) is 14.7 Å². The predicted molar refractivity (Wildman–Crippen MR) is 119 cm³/mol. The molecule has 2 heterocycles. The van der Waals surface area contributed by atoms with Gasteiger partial charge in [-0.25, -0.2) is 9.59 Å². The summed E-state index contributed by atoms with van der Waals surface area (Å²) in [5.74, 6) is -0.396. The van der Waals surface area contributed by atoms with E-state index in [0.29, 0.717) is 37.9 Å². The van der Waals surface area contributed by atoms with Crippen LogP contribution in [0.1, 0.15) is 57.1 Å². The maximum Gasteiger partial charge on any atom is 0.416 e. The summed E-state index contributed by atoms with van der Waals surface area (Å²) < 4.78 is 39.1. The van der Waals surface area contributed by atoms with Gasteiger partial charge in [0.15, 0.2) is 0 Å². The maximum atomic E-state index is 13.4. The van der Waals surface area contributed by atoms with Crippen molar-refractivity contribution in [1.29, 1.82) is 5.26 Å². The third kappa shape index (κ3) is 5.75. The van der Waals surface area contributed by atoms with Crippen molar-refractivity contribution in [3.63, 3.8) is 0 Å². The summed E-state index contributed by atoms with van der Waals surface area (Å²) in [6.45, 7) is 6.73. The molecule has 34 heavy (non-hydrogen) atoms. The molecule has 0 saturated carbocycles. The zero-order chi connectivity index (χ0) is 25.3. The Morgan fingerprint density at radius 3 is 2.12 bits per heavy atom. The van der Waals surface area contributed by atoms with Crippen LogP contribution in [0, 0.1) is 17.2 Å². The number of alkyl halides is 3. The number of carboxylic acid groups (broad SMARTS) is 1. The first kappa shape index (κ1) is 25.7. The average Bonchev–Trinajstić information content (AvgIpc) is 2.76. The fourth-order valence-corrected chi connectivity index (χ4v) is 4.99. The number of benzene rings is 1. The van der Waals surface area contributed by atoms with Crippen molar-refractivity contribution in [3.05, 3.63) is 35.4 Å². The molecule has 2 atom stereocenters. The monoisotopic (exact) mass is 480 g/mol. The number of hydrogen-bond donors (Lipinski definition) is 1. The van der Waals surface area contributed by atoms with Crippen LogP contribution in [0.25, 0.3) is 0 Å². The van der Waals surface area contributed by atoms with Crippen molar-refractivity contribution < 1.29 is 27.9 Å². The third-order valence-electron chi connectivity index (χ3n) is 6.65. The number of likely N-dealkylation sites (tertiary alicyclic amines) is 2. The number of amides is 3. The summed E-state index contributed by atoms with van der Waals surface area (Å²) in [5.41, 5.74) is -0.838. The van der Waals surface area contributed by atoms with E-state index in [0.717, 1.165) is 12.1 Å². The van der Waals surface area contributed by atoms with E-state index in [-0.39, 0.29) is 31.0 Å². The fraction of sp³-hybridized carbons (Fsp3) is 0.625. The van der Waals surface area contributed by atoms with E-state index in [1.165, 1.54) is 17.0 Å². The van der Waals surface area contributed by atoms with Crippen LogP contribution in [0.3, 0.4) is 0 Å². The molecule has 0 spiro atoms. The lowest BCUT2D eigenvalue weighted by molar-refractivity contribution is -0.137. The van der Waals surface area contributed by atoms with Crippen molar-refractivity contribution in [2.75, 3.05) is 26.2 Å². The minimum Gasteiger partial charge on any atom is -0.465 e. The van der Waals surface area contributed by atoms with E-state index in [2.05, 4.69) is 6.07 Å². The molecule has 2 aliphatic heterocycles. The number of nitrogens with zero attached hydrogens (tertiary/aromatic N) is 4. The van der Waals surface area contributed by atoms with Gasteiger partial charge in [-0.2, -0.15) is 18.4 Å². The predicted octanol–water partition coefficient (Wildman–Crippen LogP) is 5.00. The molecule has 0 radical (unpaired) electrons. The summed E-state index contributed by atoms with van der Waals surface area (Å²) in [6.07, 6.45) is -3.98. The lowest BCUT2D eigenvalue weighted by Crippen LogP contribution is -2.60. The van der Waals surface area contributed by atoms with Gasteiger partial charge in [-0.05, 0) is 57.7 Å². The molecule has 1 N–H and O–H groups in total. The highest BCUT2D eigenvalue weighted by Crippen LogP contribution is 2.35. The summed E-state index contributed by atoms with van der Waals surface area (Å²) in [5, 5.41) is 19.1. The highest BCUT2D eigenvalue weighted by Gasteiger charge is 2.41. The highest BCUT2D eigenvalue weighted by molar-refractivity contribution is 5.75. The molecular formula is C24H31F3N4O3. The normalized spacial score (nSPS) is 22.3. The quantitative estimate of drug-likeness (QED) is 0.646. The minimum atomic E-state index is -4.45. The van der Waals surface area contributed by atoms with E-state index in [1.807, 2.05) is 0 Å². The largest absolute Gasteiger partial charge is 0.465 e. The number of rotatable bonds is 2. The van der Waals surface area contributed by atoms with Crippen LogP contribution in [-0.4, -0.2) is 69.7 Å². The van der Waals surface area contributed by atoms with E-state index in [9.17, 15) is 27.9 Å². The molecule has 2 saturated heterocycles. The van der Waals surface area contributed by atoms with Crippen molar-refractivity contribution in [2.24, 2.45) is 5.92 Å². The molecule has 7 nitrogen and oxygen atoms in total. The van der Waals surface area contributed by atoms with Crippen LogP contribution < -0.4 is 0 Å². The molecule has 0 aliphatic carbocycles. The number of nitriles is 1. The number of hydrogen-bond acceptors (Lipinski definition) is 3. The lowest BCUT2D eigenvalue weighted by atomic mass is 9.85. The summed E-state index contributed by atoms with van der Waals surface area (Å²) in [4.78, 5) is 30.1. The van der Waals surface area contributed by atoms with Crippen LogP contribution in [-0.2, 0) is 6.18 Å². The zero-order valence-electron chi connectivity index (χ0n) is 19.7. The molecule has 0 aromatic heterocycles. The SMILES string of the molecule is CC(C)(C)N(C(=O)O)C1CC(c2ccc(C(F)(F)F)cc2)CN(C(=O)N2CCC(C#N)CC2)C1. The Morgan fingerprint density at radius 2 is 1.65 bits per heavy atom. The van der Waals surface area contributed by atoms with Crippen LogP contribution in [0.2, 0.25) is 0 Å². The molecule has 1 aromatic rings. The number of piperidine rings is 2. The molecular weight excluding hydrogens is 449 g/mol. The fourth-order valence-electron chi connectivity index (χ4n) is 4.99. The second kappa shape index (κ2) is 9.72. The topological polar surface area (TPSA) is 87.9 Å². The Labute approximate surface area is 197 Å². The van der Waals surface area contributed by atoms with Crippen LogP contribution in [0.5, 0.6) is 0 Å².